The summed E-state index contributed by atoms with van der Waals surface area (Å²) in [6.45, 7) is 0. The van der Waals surface area contributed by atoms with Gasteiger partial charge in [-0.15, -0.1) is 0 Å². The highest BCUT2D eigenvalue weighted by atomic mass is 32.2. The maximum absolute atomic E-state index is 13.0. The van der Waals surface area contributed by atoms with Crippen molar-refractivity contribution in [3.05, 3.63) is 29.8 Å². The lowest BCUT2D eigenvalue weighted by Gasteiger charge is -2.24. The molecule has 1 aliphatic rings. The average molecular weight is 289 g/mol. The van der Waals surface area contributed by atoms with Gasteiger partial charge in [-0.3, -0.25) is 4.79 Å². The van der Waals surface area contributed by atoms with E-state index < -0.39 is 32.5 Å². The highest BCUT2D eigenvalue weighted by molar-refractivity contribution is 7.90. The van der Waals surface area contributed by atoms with Gasteiger partial charge in [0.25, 0.3) is 10.0 Å². The SMILES string of the molecule is O=C(CC1CCC1)NS(=O)(=O)c1cc(F)cc(F)c1. The Bertz CT molecular complexity index is 577. The van der Waals surface area contributed by atoms with Gasteiger partial charge in [-0.05, 0) is 30.9 Å². The summed E-state index contributed by atoms with van der Waals surface area (Å²) in [7, 11) is -4.21. The minimum atomic E-state index is -4.21. The van der Waals surface area contributed by atoms with Gasteiger partial charge in [-0.25, -0.2) is 21.9 Å². The normalized spacial score (nSPS) is 15.9. The molecule has 1 fully saturated rings. The number of carbonyl (C=O) groups is 1. The fourth-order valence-electron chi connectivity index (χ4n) is 1.89. The van der Waals surface area contributed by atoms with Crippen molar-refractivity contribution in [3.63, 3.8) is 0 Å². The average Bonchev–Trinajstić information content (AvgIpc) is 2.21. The van der Waals surface area contributed by atoms with Crippen molar-refractivity contribution in [2.24, 2.45) is 5.92 Å². The molecule has 0 bridgehead atoms. The summed E-state index contributed by atoms with van der Waals surface area (Å²) in [5.74, 6) is -2.45. The molecular formula is C12H13F2NO3S. The van der Waals surface area contributed by atoms with Crippen LogP contribution in [0.5, 0.6) is 0 Å². The lowest BCUT2D eigenvalue weighted by Crippen LogP contribution is -2.33. The van der Waals surface area contributed by atoms with Crippen molar-refractivity contribution in [2.45, 2.75) is 30.6 Å². The number of benzene rings is 1. The molecule has 0 aromatic heterocycles. The molecule has 0 atom stereocenters. The van der Waals surface area contributed by atoms with E-state index in [0.717, 1.165) is 19.3 Å². The molecule has 104 valence electrons. The van der Waals surface area contributed by atoms with E-state index in [0.29, 0.717) is 18.2 Å². The van der Waals surface area contributed by atoms with E-state index in [2.05, 4.69) is 0 Å². The van der Waals surface area contributed by atoms with Crippen LogP contribution in [0.3, 0.4) is 0 Å². The number of hydrogen-bond acceptors (Lipinski definition) is 3. The smallest absolute Gasteiger partial charge is 0.264 e. The molecule has 1 aromatic carbocycles. The number of rotatable bonds is 4. The van der Waals surface area contributed by atoms with E-state index in [-0.39, 0.29) is 12.3 Å². The van der Waals surface area contributed by atoms with Crippen molar-refractivity contribution < 1.29 is 22.0 Å². The second-order valence-corrected chi connectivity index (χ2v) is 6.32. The third kappa shape index (κ3) is 3.50. The van der Waals surface area contributed by atoms with Crippen LogP contribution < -0.4 is 4.72 Å². The standard InChI is InChI=1S/C12H13F2NO3S/c13-9-5-10(14)7-11(6-9)19(17,18)15-12(16)4-8-2-1-3-8/h5-8H,1-4H2,(H,15,16). The highest BCUT2D eigenvalue weighted by Crippen LogP contribution is 2.29. The van der Waals surface area contributed by atoms with Gasteiger partial charge < -0.3 is 0 Å². The van der Waals surface area contributed by atoms with Crippen LogP contribution in [0.2, 0.25) is 0 Å². The molecule has 4 nitrogen and oxygen atoms in total. The highest BCUT2D eigenvalue weighted by Gasteiger charge is 2.24. The maximum Gasteiger partial charge on any atom is 0.264 e. The fraction of sp³-hybridized carbons (Fsp3) is 0.417. The molecule has 0 spiro atoms. The van der Waals surface area contributed by atoms with Gasteiger partial charge in [0.2, 0.25) is 5.91 Å². The number of amides is 1. The predicted molar refractivity (Wildman–Crippen MR) is 63.6 cm³/mol. The minimum Gasteiger partial charge on any atom is -0.274 e. The van der Waals surface area contributed by atoms with E-state index in [4.69, 9.17) is 0 Å². The number of nitrogens with one attached hydrogen (secondary N) is 1. The predicted octanol–water partition coefficient (Wildman–Crippen LogP) is 1.96. The molecule has 0 unspecified atom stereocenters. The zero-order chi connectivity index (χ0) is 14.0. The van der Waals surface area contributed by atoms with E-state index in [1.54, 1.807) is 0 Å². The number of halogens is 2. The zero-order valence-electron chi connectivity index (χ0n) is 10.0. The Kier molecular flexibility index (Phi) is 3.84. The second kappa shape index (κ2) is 5.24. The molecule has 7 heteroatoms. The molecule has 0 aliphatic heterocycles. The van der Waals surface area contributed by atoms with Gasteiger partial charge in [0.15, 0.2) is 0 Å². The molecule has 19 heavy (non-hydrogen) atoms. The first-order chi connectivity index (χ1) is 8.87. The number of carbonyl (C=O) groups excluding carboxylic acids is 1. The van der Waals surface area contributed by atoms with Crippen molar-refractivity contribution in [2.75, 3.05) is 0 Å². The number of hydrogen-bond donors (Lipinski definition) is 1. The first-order valence-corrected chi connectivity index (χ1v) is 7.37. The quantitative estimate of drug-likeness (QED) is 0.921. The van der Waals surface area contributed by atoms with Crippen molar-refractivity contribution in [1.82, 2.24) is 4.72 Å². The van der Waals surface area contributed by atoms with Crippen LogP contribution in [-0.4, -0.2) is 14.3 Å². The third-order valence-corrected chi connectivity index (χ3v) is 4.45. The first-order valence-electron chi connectivity index (χ1n) is 5.88. The topological polar surface area (TPSA) is 63.2 Å². The van der Waals surface area contributed by atoms with Crippen molar-refractivity contribution in [1.29, 1.82) is 0 Å². The third-order valence-electron chi connectivity index (χ3n) is 3.09. The summed E-state index contributed by atoms with van der Waals surface area (Å²) >= 11 is 0. The zero-order valence-corrected chi connectivity index (χ0v) is 10.8. The Balaban J connectivity index is 2.10. The summed E-state index contributed by atoms with van der Waals surface area (Å²) in [4.78, 5) is 10.9. The molecule has 1 saturated carbocycles. The van der Waals surface area contributed by atoms with Crippen LogP contribution in [0.4, 0.5) is 8.78 Å². The molecule has 1 N–H and O–H groups in total. The van der Waals surface area contributed by atoms with Crippen LogP contribution in [0, 0.1) is 17.6 Å². The summed E-state index contributed by atoms with van der Waals surface area (Å²) < 4.78 is 51.3. The van der Waals surface area contributed by atoms with Gasteiger partial charge in [-0.2, -0.15) is 0 Å². The Morgan fingerprint density at radius 2 is 1.79 bits per heavy atom. The van der Waals surface area contributed by atoms with Gasteiger partial charge in [0.1, 0.15) is 11.6 Å². The molecular weight excluding hydrogens is 276 g/mol. The fourth-order valence-corrected chi connectivity index (χ4v) is 2.93. The summed E-state index contributed by atoms with van der Waals surface area (Å²) in [6.07, 6.45) is 2.97. The van der Waals surface area contributed by atoms with E-state index in [1.165, 1.54) is 0 Å². The molecule has 0 heterocycles. The van der Waals surface area contributed by atoms with E-state index in [1.807, 2.05) is 4.72 Å². The Labute approximate surface area is 109 Å². The Morgan fingerprint density at radius 3 is 2.26 bits per heavy atom. The van der Waals surface area contributed by atoms with Crippen LogP contribution >= 0.6 is 0 Å². The van der Waals surface area contributed by atoms with E-state index in [9.17, 15) is 22.0 Å². The van der Waals surface area contributed by atoms with Crippen molar-refractivity contribution >= 4 is 15.9 Å². The molecule has 0 radical (unpaired) electrons. The maximum atomic E-state index is 13.0. The second-order valence-electron chi connectivity index (χ2n) is 4.63. The van der Waals surface area contributed by atoms with Gasteiger partial charge >= 0.3 is 0 Å². The van der Waals surface area contributed by atoms with Gasteiger partial charge in [0.05, 0.1) is 4.90 Å². The largest absolute Gasteiger partial charge is 0.274 e. The molecule has 0 saturated heterocycles. The van der Waals surface area contributed by atoms with Gasteiger partial charge in [-0.1, -0.05) is 6.42 Å². The molecule has 1 aliphatic carbocycles. The summed E-state index contributed by atoms with van der Waals surface area (Å²) in [5.41, 5.74) is 0. The van der Waals surface area contributed by atoms with Crippen LogP contribution in [0.1, 0.15) is 25.7 Å². The van der Waals surface area contributed by atoms with E-state index >= 15 is 0 Å². The summed E-state index contributed by atoms with van der Waals surface area (Å²) in [5, 5.41) is 0. The lowest BCUT2D eigenvalue weighted by atomic mass is 9.83. The Morgan fingerprint density at radius 1 is 1.21 bits per heavy atom. The monoisotopic (exact) mass is 289 g/mol. The molecule has 1 amide bonds. The molecule has 1 aromatic rings. The first kappa shape index (κ1) is 13.9. The van der Waals surface area contributed by atoms with Gasteiger partial charge in [0, 0.05) is 12.5 Å². The number of sulfonamides is 1. The minimum absolute atomic E-state index is 0.122. The Hall–Kier alpha value is -1.50. The van der Waals surface area contributed by atoms with Crippen molar-refractivity contribution in [3.8, 4) is 0 Å². The van der Waals surface area contributed by atoms with Crippen LogP contribution in [0.15, 0.2) is 23.1 Å². The van der Waals surface area contributed by atoms with Crippen LogP contribution in [-0.2, 0) is 14.8 Å². The summed E-state index contributed by atoms with van der Waals surface area (Å²) in [6, 6.07) is 1.90. The van der Waals surface area contributed by atoms with Crippen LogP contribution in [0.25, 0.3) is 0 Å². The molecule has 2 rings (SSSR count). The lowest BCUT2D eigenvalue weighted by molar-refractivity contribution is -0.120.